The van der Waals surface area contributed by atoms with Crippen LogP contribution >= 0.6 is 0 Å². The number of imide groups is 1. The van der Waals surface area contributed by atoms with Gasteiger partial charge in [0.25, 0.3) is 11.8 Å². The predicted octanol–water partition coefficient (Wildman–Crippen LogP) is 3.84. The Bertz CT molecular complexity index is 780. The third kappa shape index (κ3) is 2.86. The number of nitrogens with zero attached hydrogens (tertiary/aromatic N) is 1. The first-order valence-corrected chi connectivity index (χ1v) is 8.40. The fourth-order valence-electron chi connectivity index (χ4n) is 3.23. The van der Waals surface area contributed by atoms with E-state index in [1.165, 1.54) is 4.90 Å². The highest BCUT2D eigenvalue weighted by atomic mass is 16.5. The number of ether oxygens (including phenoxy) is 2. The Hall–Kier alpha value is -2.82. The maximum Gasteiger partial charge on any atom is 0.262 e. The number of rotatable bonds is 6. The highest BCUT2D eigenvalue weighted by Gasteiger charge is 2.39. The molecule has 0 spiro atoms. The molecule has 1 aliphatic rings. The van der Waals surface area contributed by atoms with Gasteiger partial charge in [-0.15, -0.1) is 0 Å². The number of methoxy groups -OCH3 is 1. The molecule has 1 heterocycles. The van der Waals surface area contributed by atoms with E-state index >= 15 is 0 Å². The van der Waals surface area contributed by atoms with Gasteiger partial charge in [0.2, 0.25) is 0 Å². The topological polar surface area (TPSA) is 55.8 Å². The van der Waals surface area contributed by atoms with Gasteiger partial charge in [-0.05, 0) is 43.2 Å². The van der Waals surface area contributed by atoms with E-state index in [-0.39, 0.29) is 17.9 Å². The normalized spacial score (nSPS) is 14.4. The molecule has 0 saturated heterocycles. The second kappa shape index (κ2) is 6.97. The van der Waals surface area contributed by atoms with Crippen LogP contribution in [0.15, 0.2) is 42.5 Å². The summed E-state index contributed by atoms with van der Waals surface area (Å²) in [4.78, 5) is 26.9. The van der Waals surface area contributed by atoms with Crippen molar-refractivity contribution in [3.8, 4) is 11.5 Å². The average molecular weight is 339 g/mol. The Morgan fingerprint density at radius 2 is 1.60 bits per heavy atom. The van der Waals surface area contributed by atoms with Gasteiger partial charge in [0.15, 0.2) is 11.5 Å². The monoisotopic (exact) mass is 339 g/mol. The standard InChI is InChI=1S/C20H21NO4/c1-4-16(13-10-11-17(24-3)18(12-13)25-5-2)21-19(22)14-8-6-7-9-15(14)20(21)23/h6-12,16H,4-5H2,1-3H3. The van der Waals surface area contributed by atoms with Crippen molar-refractivity contribution in [3.63, 3.8) is 0 Å². The lowest BCUT2D eigenvalue weighted by atomic mass is 10.0. The molecular weight excluding hydrogens is 318 g/mol. The van der Waals surface area contributed by atoms with Crippen molar-refractivity contribution in [1.82, 2.24) is 4.90 Å². The van der Waals surface area contributed by atoms with Gasteiger partial charge in [-0.2, -0.15) is 0 Å². The van der Waals surface area contributed by atoms with Crippen LogP contribution in [0.25, 0.3) is 0 Å². The molecular formula is C20H21NO4. The van der Waals surface area contributed by atoms with Crippen LogP contribution in [-0.2, 0) is 0 Å². The van der Waals surface area contributed by atoms with Gasteiger partial charge in [-0.1, -0.05) is 25.1 Å². The van der Waals surface area contributed by atoms with E-state index in [0.717, 1.165) is 5.56 Å². The van der Waals surface area contributed by atoms with Crippen LogP contribution in [0.4, 0.5) is 0 Å². The lowest BCUT2D eigenvalue weighted by molar-refractivity contribution is 0.0577. The fraction of sp³-hybridized carbons (Fsp3) is 0.300. The van der Waals surface area contributed by atoms with Crippen LogP contribution in [0.5, 0.6) is 11.5 Å². The molecule has 0 aromatic heterocycles. The SMILES string of the molecule is CCOc1cc(C(CC)N2C(=O)c3ccccc3C2=O)ccc1OC. The van der Waals surface area contributed by atoms with E-state index in [2.05, 4.69) is 0 Å². The summed E-state index contributed by atoms with van der Waals surface area (Å²) >= 11 is 0. The fourth-order valence-corrected chi connectivity index (χ4v) is 3.23. The molecule has 1 unspecified atom stereocenters. The molecule has 0 N–H and O–H groups in total. The number of amides is 2. The van der Waals surface area contributed by atoms with E-state index in [1.54, 1.807) is 37.4 Å². The quantitative estimate of drug-likeness (QED) is 0.750. The second-order valence-electron chi connectivity index (χ2n) is 5.79. The van der Waals surface area contributed by atoms with E-state index < -0.39 is 0 Å². The van der Waals surface area contributed by atoms with Crippen molar-refractivity contribution in [2.45, 2.75) is 26.3 Å². The van der Waals surface area contributed by atoms with Crippen LogP contribution in [0, 0.1) is 0 Å². The number of carbonyl (C=O) groups excluding carboxylic acids is 2. The minimum atomic E-state index is -0.350. The first-order valence-electron chi connectivity index (χ1n) is 8.40. The van der Waals surface area contributed by atoms with Crippen molar-refractivity contribution in [1.29, 1.82) is 0 Å². The first kappa shape index (κ1) is 17.0. The van der Waals surface area contributed by atoms with Gasteiger partial charge in [0, 0.05) is 0 Å². The Balaban J connectivity index is 2.00. The summed E-state index contributed by atoms with van der Waals surface area (Å²) in [6.45, 7) is 4.36. The summed E-state index contributed by atoms with van der Waals surface area (Å²) in [5.74, 6) is 0.739. The van der Waals surface area contributed by atoms with E-state index in [1.807, 2.05) is 26.0 Å². The smallest absolute Gasteiger partial charge is 0.262 e. The molecule has 2 amide bonds. The molecule has 25 heavy (non-hydrogen) atoms. The van der Waals surface area contributed by atoms with Crippen LogP contribution < -0.4 is 9.47 Å². The van der Waals surface area contributed by atoms with Gasteiger partial charge in [-0.3, -0.25) is 14.5 Å². The number of hydrogen-bond acceptors (Lipinski definition) is 4. The number of hydrogen-bond donors (Lipinski definition) is 0. The van der Waals surface area contributed by atoms with Crippen LogP contribution in [-0.4, -0.2) is 30.4 Å². The zero-order valence-electron chi connectivity index (χ0n) is 14.6. The number of fused-ring (bicyclic) bond motifs is 1. The summed E-state index contributed by atoms with van der Waals surface area (Å²) in [6, 6.07) is 12.1. The molecule has 2 aromatic carbocycles. The first-order chi connectivity index (χ1) is 12.1. The molecule has 0 fully saturated rings. The number of carbonyl (C=O) groups is 2. The second-order valence-corrected chi connectivity index (χ2v) is 5.79. The molecule has 1 atom stereocenters. The van der Waals surface area contributed by atoms with Gasteiger partial charge in [0.1, 0.15) is 0 Å². The third-order valence-electron chi connectivity index (χ3n) is 4.40. The summed E-state index contributed by atoms with van der Waals surface area (Å²) < 4.78 is 10.9. The van der Waals surface area contributed by atoms with E-state index in [4.69, 9.17) is 9.47 Å². The van der Waals surface area contributed by atoms with Gasteiger partial charge in [-0.25, -0.2) is 0 Å². The summed E-state index contributed by atoms with van der Waals surface area (Å²) in [6.07, 6.45) is 0.614. The maximum absolute atomic E-state index is 12.8. The maximum atomic E-state index is 12.8. The molecule has 5 nitrogen and oxygen atoms in total. The summed E-state index contributed by atoms with van der Waals surface area (Å²) in [5, 5.41) is 0. The van der Waals surface area contributed by atoms with Gasteiger partial charge >= 0.3 is 0 Å². The third-order valence-corrected chi connectivity index (χ3v) is 4.40. The average Bonchev–Trinajstić information content (AvgIpc) is 2.89. The van der Waals surface area contributed by atoms with Crippen molar-refractivity contribution >= 4 is 11.8 Å². The van der Waals surface area contributed by atoms with E-state index in [9.17, 15) is 9.59 Å². The molecule has 5 heteroatoms. The van der Waals surface area contributed by atoms with E-state index in [0.29, 0.717) is 35.7 Å². The Morgan fingerprint density at radius 3 is 2.12 bits per heavy atom. The molecule has 0 radical (unpaired) electrons. The van der Waals surface area contributed by atoms with Crippen LogP contribution in [0.1, 0.15) is 52.6 Å². The van der Waals surface area contributed by atoms with Crippen molar-refractivity contribution in [2.75, 3.05) is 13.7 Å². The molecule has 0 aliphatic carbocycles. The van der Waals surface area contributed by atoms with Crippen LogP contribution in [0.2, 0.25) is 0 Å². The van der Waals surface area contributed by atoms with Gasteiger partial charge in [0.05, 0.1) is 30.9 Å². The molecule has 0 bridgehead atoms. The molecule has 2 aromatic rings. The Labute approximate surface area is 147 Å². The zero-order chi connectivity index (χ0) is 18.0. The van der Waals surface area contributed by atoms with Crippen molar-refractivity contribution in [2.24, 2.45) is 0 Å². The highest BCUT2D eigenvalue weighted by Crippen LogP contribution is 2.37. The lowest BCUT2D eigenvalue weighted by Gasteiger charge is -2.26. The minimum Gasteiger partial charge on any atom is -0.493 e. The van der Waals surface area contributed by atoms with Crippen molar-refractivity contribution in [3.05, 3.63) is 59.2 Å². The Morgan fingerprint density at radius 1 is 0.960 bits per heavy atom. The molecule has 1 aliphatic heterocycles. The molecule has 0 saturated carbocycles. The van der Waals surface area contributed by atoms with Gasteiger partial charge < -0.3 is 9.47 Å². The summed E-state index contributed by atoms with van der Waals surface area (Å²) in [7, 11) is 1.58. The predicted molar refractivity (Wildman–Crippen MR) is 94.1 cm³/mol. The van der Waals surface area contributed by atoms with Crippen LogP contribution in [0.3, 0.4) is 0 Å². The molecule has 130 valence electrons. The highest BCUT2D eigenvalue weighted by molar-refractivity contribution is 6.21. The number of benzene rings is 2. The Kier molecular flexibility index (Phi) is 4.74. The minimum absolute atomic E-state index is 0.249. The molecule has 3 rings (SSSR count). The summed E-state index contributed by atoms with van der Waals surface area (Å²) in [5.41, 5.74) is 1.77. The lowest BCUT2D eigenvalue weighted by Crippen LogP contribution is -2.33. The van der Waals surface area contributed by atoms with Crippen molar-refractivity contribution < 1.29 is 19.1 Å². The zero-order valence-corrected chi connectivity index (χ0v) is 14.6. The largest absolute Gasteiger partial charge is 0.493 e.